The molecule has 0 aliphatic carbocycles. The molecular weight excluding hydrogens is 450 g/mol. The predicted molar refractivity (Wildman–Crippen MR) is 134 cm³/mol. The largest absolute Gasteiger partial charge is 0.491 e. The van der Waals surface area contributed by atoms with Crippen LogP contribution in [-0.4, -0.2) is 39.8 Å². The van der Waals surface area contributed by atoms with E-state index in [9.17, 15) is 9.90 Å². The molecule has 7 heteroatoms. The quantitative estimate of drug-likeness (QED) is 0.410. The van der Waals surface area contributed by atoms with Gasteiger partial charge in [-0.25, -0.2) is 4.98 Å². The van der Waals surface area contributed by atoms with E-state index in [-0.39, 0.29) is 18.4 Å². The first-order valence-corrected chi connectivity index (χ1v) is 11.7. The summed E-state index contributed by atoms with van der Waals surface area (Å²) in [4.78, 5) is 19.5. The molecule has 174 valence electrons. The number of para-hydroxylation sites is 3. The van der Waals surface area contributed by atoms with Crippen LogP contribution in [0.3, 0.4) is 0 Å². The Labute approximate surface area is 203 Å². The van der Waals surface area contributed by atoms with E-state index in [1.807, 2.05) is 77.1 Å². The number of carbonyl (C=O) groups is 1. The topological polar surface area (TPSA) is 67.6 Å². The fraction of sp³-hybridized carbons (Fsp3) is 0.259. The number of fused-ring (bicyclic) bond motifs is 1. The van der Waals surface area contributed by atoms with Crippen molar-refractivity contribution >= 4 is 34.2 Å². The van der Waals surface area contributed by atoms with Gasteiger partial charge in [-0.15, -0.1) is 0 Å². The minimum absolute atomic E-state index is 0.0628. The normalized spacial score (nSPS) is 16.9. The summed E-state index contributed by atoms with van der Waals surface area (Å²) in [6.07, 6.45) is -0.371. The Balaban J connectivity index is 1.37. The van der Waals surface area contributed by atoms with Gasteiger partial charge in [-0.05, 0) is 55.0 Å². The van der Waals surface area contributed by atoms with Gasteiger partial charge in [0, 0.05) is 29.6 Å². The van der Waals surface area contributed by atoms with Crippen LogP contribution in [-0.2, 0) is 11.3 Å². The van der Waals surface area contributed by atoms with E-state index in [1.54, 1.807) is 12.1 Å². The van der Waals surface area contributed by atoms with E-state index in [0.29, 0.717) is 30.3 Å². The Kier molecular flexibility index (Phi) is 6.26. The summed E-state index contributed by atoms with van der Waals surface area (Å²) >= 11 is 6.09. The van der Waals surface area contributed by atoms with Crippen molar-refractivity contribution in [2.75, 3.05) is 18.1 Å². The number of aliphatic hydroxyl groups excluding tert-OH is 1. The van der Waals surface area contributed by atoms with E-state index < -0.39 is 6.10 Å². The number of aryl methyl sites for hydroxylation is 1. The molecule has 1 saturated heterocycles. The first-order chi connectivity index (χ1) is 16.5. The van der Waals surface area contributed by atoms with E-state index >= 15 is 0 Å². The maximum Gasteiger partial charge on any atom is 0.227 e. The van der Waals surface area contributed by atoms with E-state index in [0.717, 1.165) is 28.1 Å². The number of nitrogens with zero attached hydrogens (tertiary/aromatic N) is 3. The smallest absolute Gasteiger partial charge is 0.227 e. The minimum Gasteiger partial charge on any atom is -0.491 e. The first kappa shape index (κ1) is 22.4. The zero-order chi connectivity index (χ0) is 23.7. The lowest BCUT2D eigenvalue weighted by Crippen LogP contribution is -2.26. The number of halogens is 1. The fourth-order valence-corrected chi connectivity index (χ4v) is 4.62. The summed E-state index contributed by atoms with van der Waals surface area (Å²) in [6.45, 7) is 2.92. The summed E-state index contributed by atoms with van der Waals surface area (Å²) in [6, 6.07) is 23.0. The van der Waals surface area contributed by atoms with Crippen molar-refractivity contribution < 1.29 is 14.6 Å². The third-order valence-corrected chi connectivity index (χ3v) is 6.63. The number of carbonyl (C=O) groups excluding carboxylic acids is 1. The molecule has 1 aliphatic heterocycles. The molecule has 2 atom stereocenters. The molecule has 0 radical (unpaired) electrons. The Morgan fingerprint density at radius 1 is 1.12 bits per heavy atom. The van der Waals surface area contributed by atoms with Gasteiger partial charge in [-0.2, -0.15) is 0 Å². The number of ether oxygens (including phenoxy) is 1. The highest BCUT2D eigenvalue weighted by Crippen LogP contribution is 2.33. The molecule has 34 heavy (non-hydrogen) atoms. The highest BCUT2D eigenvalue weighted by atomic mass is 35.5. The Morgan fingerprint density at radius 2 is 1.88 bits per heavy atom. The highest BCUT2D eigenvalue weighted by Gasteiger charge is 2.35. The lowest BCUT2D eigenvalue weighted by Gasteiger charge is -2.19. The number of rotatable bonds is 7. The molecule has 1 fully saturated rings. The summed E-state index contributed by atoms with van der Waals surface area (Å²) in [5, 5.41) is 11.5. The van der Waals surface area contributed by atoms with Crippen LogP contribution in [0.1, 0.15) is 23.7 Å². The van der Waals surface area contributed by atoms with Crippen LogP contribution in [0.15, 0.2) is 72.8 Å². The third-order valence-electron chi connectivity index (χ3n) is 6.21. The number of amides is 1. The Bertz CT molecular complexity index is 1320. The zero-order valence-electron chi connectivity index (χ0n) is 18.9. The minimum atomic E-state index is -0.755. The van der Waals surface area contributed by atoms with Crippen LogP contribution in [0.5, 0.6) is 5.75 Å². The van der Waals surface area contributed by atoms with Crippen molar-refractivity contribution in [2.45, 2.75) is 31.9 Å². The molecule has 1 aromatic heterocycles. The lowest BCUT2D eigenvalue weighted by molar-refractivity contribution is -0.117. The molecule has 4 aromatic rings. The van der Waals surface area contributed by atoms with E-state index in [4.69, 9.17) is 21.3 Å². The van der Waals surface area contributed by atoms with Crippen LogP contribution < -0.4 is 9.64 Å². The summed E-state index contributed by atoms with van der Waals surface area (Å²) in [5.41, 5.74) is 3.60. The molecule has 0 saturated carbocycles. The van der Waals surface area contributed by atoms with Crippen molar-refractivity contribution in [3.8, 4) is 5.75 Å². The van der Waals surface area contributed by atoms with Gasteiger partial charge in [0.05, 0.1) is 17.6 Å². The van der Waals surface area contributed by atoms with Gasteiger partial charge >= 0.3 is 0 Å². The zero-order valence-corrected chi connectivity index (χ0v) is 19.7. The van der Waals surface area contributed by atoms with Crippen LogP contribution in [0.2, 0.25) is 5.02 Å². The van der Waals surface area contributed by atoms with Crippen molar-refractivity contribution in [3.63, 3.8) is 0 Å². The third kappa shape index (κ3) is 4.52. The molecule has 1 amide bonds. The SMILES string of the molecule is Cc1cc(OC[C@H](O)Cn2c([C@@H]3CC(=O)N(c4ccccc4)C3)nc3ccccc32)ccc1Cl. The molecule has 1 N–H and O–H groups in total. The van der Waals surface area contributed by atoms with Gasteiger partial charge in [0.2, 0.25) is 5.91 Å². The van der Waals surface area contributed by atoms with Crippen LogP contribution in [0.25, 0.3) is 11.0 Å². The van der Waals surface area contributed by atoms with Gasteiger partial charge in [-0.1, -0.05) is 41.9 Å². The number of anilines is 1. The van der Waals surface area contributed by atoms with Crippen molar-refractivity contribution in [1.29, 1.82) is 0 Å². The number of benzene rings is 3. The van der Waals surface area contributed by atoms with Gasteiger partial charge < -0.3 is 19.3 Å². The second kappa shape index (κ2) is 9.49. The molecule has 2 heterocycles. The standard InChI is InChI=1S/C27H26ClN3O3/c1-18-13-22(11-12-23(18)28)34-17-21(32)16-31-25-10-6-5-9-24(25)29-27(31)19-14-26(33)30(15-19)20-7-3-2-4-8-20/h2-13,19,21,32H,14-17H2,1H3/t19-,21-/m1/s1. The number of imidazole rings is 1. The molecule has 6 nitrogen and oxygen atoms in total. The Hall–Kier alpha value is -3.35. The molecule has 3 aromatic carbocycles. The summed E-state index contributed by atoms with van der Waals surface area (Å²) < 4.78 is 7.85. The van der Waals surface area contributed by atoms with E-state index in [2.05, 4.69) is 0 Å². The van der Waals surface area contributed by atoms with Crippen LogP contribution >= 0.6 is 11.6 Å². The number of aromatic nitrogens is 2. The number of hydrogen-bond acceptors (Lipinski definition) is 4. The van der Waals surface area contributed by atoms with Gasteiger partial charge in [0.1, 0.15) is 24.3 Å². The monoisotopic (exact) mass is 475 g/mol. The molecule has 5 rings (SSSR count). The molecule has 0 unspecified atom stereocenters. The van der Waals surface area contributed by atoms with Crippen LogP contribution in [0.4, 0.5) is 5.69 Å². The summed E-state index contributed by atoms with van der Waals surface area (Å²) in [5.74, 6) is 1.50. The highest BCUT2D eigenvalue weighted by molar-refractivity contribution is 6.31. The lowest BCUT2D eigenvalue weighted by atomic mass is 10.1. The Morgan fingerprint density at radius 3 is 2.68 bits per heavy atom. The molecular formula is C27H26ClN3O3. The predicted octanol–water partition coefficient (Wildman–Crippen LogP) is 4.96. The fourth-order valence-electron chi connectivity index (χ4n) is 4.50. The van der Waals surface area contributed by atoms with Gasteiger partial charge in [0.25, 0.3) is 0 Å². The van der Waals surface area contributed by atoms with E-state index in [1.165, 1.54) is 0 Å². The average Bonchev–Trinajstić information content (AvgIpc) is 3.41. The summed E-state index contributed by atoms with van der Waals surface area (Å²) in [7, 11) is 0. The molecule has 0 spiro atoms. The molecule has 1 aliphatic rings. The molecule has 0 bridgehead atoms. The first-order valence-electron chi connectivity index (χ1n) is 11.4. The number of aliphatic hydroxyl groups is 1. The maximum absolute atomic E-state index is 12.8. The number of hydrogen-bond donors (Lipinski definition) is 1. The van der Waals surface area contributed by atoms with Gasteiger partial charge in [-0.3, -0.25) is 4.79 Å². The second-order valence-electron chi connectivity index (χ2n) is 8.69. The van der Waals surface area contributed by atoms with Crippen LogP contribution in [0, 0.1) is 6.92 Å². The van der Waals surface area contributed by atoms with Crippen molar-refractivity contribution in [3.05, 3.63) is 89.2 Å². The maximum atomic E-state index is 12.8. The van der Waals surface area contributed by atoms with Crippen molar-refractivity contribution in [2.24, 2.45) is 0 Å². The second-order valence-corrected chi connectivity index (χ2v) is 9.09. The average molecular weight is 476 g/mol. The van der Waals surface area contributed by atoms with Crippen molar-refractivity contribution in [1.82, 2.24) is 9.55 Å². The van der Waals surface area contributed by atoms with Gasteiger partial charge in [0.15, 0.2) is 0 Å².